The molecule has 0 aliphatic carbocycles. The third-order valence-electron chi connectivity index (χ3n) is 3.75. The lowest BCUT2D eigenvalue weighted by Gasteiger charge is -2.20. The van der Waals surface area contributed by atoms with Crippen LogP contribution in [0.1, 0.15) is 37.9 Å². The normalized spacial score (nSPS) is 18.6. The number of hydrogen-bond donors (Lipinski definition) is 1. The Kier molecular flexibility index (Phi) is 5.33. The van der Waals surface area contributed by atoms with Gasteiger partial charge in [-0.2, -0.15) is 0 Å². The van der Waals surface area contributed by atoms with Crippen molar-refractivity contribution in [1.29, 1.82) is 0 Å². The quantitative estimate of drug-likeness (QED) is 0.868. The van der Waals surface area contributed by atoms with Crippen molar-refractivity contribution in [1.82, 2.24) is 15.2 Å². The van der Waals surface area contributed by atoms with Crippen LogP contribution < -0.4 is 5.32 Å². The van der Waals surface area contributed by atoms with Crippen molar-refractivity contribution in [2.24, 2.45) is 5.92 Å². The highest BCUT2D eigenvalue weighted by molar-refractivity contribution is 7.09. The summed E-state index contributed by atoms with van der Waals surface area (Å²) >= 11 is 1.64. The first-order valence-electron chi connectivity index (χ1n) is 7.51. The highest BCUT2D eigenvalue weighted by Crippen LogP contribution is 2.20. The first kappa shape index (κ1) is 15.9. The van der Waals surface area contributed by atoms with Crippen molar-refractivity contribution < 1.29 is 9.59 Å². The fourth-order valence-corrected chi connectivity index (χ4v) is 3.35. The zero-order valence-electron chi connectivity index (χ0n) is 12.9. The number of hydrogen-bond acceptors (Lipinski definition) is 4. The number of nitrogens with zero attached hydrogens (tertiary/aromatic N) is 2. The number of nitrogens with one attached hydrogen (secondary N) is 1. The maximum absolute atomic E-state index is 12.1. The van der Waals surface area contributed by atoms with Gasteiger partial charge in [0.05, 0.1) is 16.6 Å². The van der Waals surface area contributed by atoms with Gasteiger partial charge in [0.25, 0.3) is 0 Å². The second kappa shape index (κ2) is 7.02. The molecule has 5 nitrogen and oxygen atoms in total. The molecule has 1 atom stereocenters. The molecule has 1 aromatic rings. The smallest absolute Gasteiger partial charge is 0.225 e. The molecule has 2 heterocycles. The molecule has 2 rings (SSSR count). The highest BCUT2D eigenvalue weighted by atomic mass is 32.1. The summed E-state index contributed by atoms with van der Waals surface area (Å²) in [4.78, 5) is 30.2. The van der Waals surface area contributed by atoms with Crippen molar-refractivity contribution in [2.45, 2.75) is 46.1 Å². The lowest BCUT2D eigenvalue weighted by molar-refractivity contribution is -0.129. The molecular formula is C15H23N3O2S. The topological polar surface area (TPSA) is 62.3 Å². The molecule has 0 bridgehead atoms. The Bertz CT molecular complexity index is 513. The average molecular weight is 309 g/mol. The maximum Gasteiger partial charge on any atom is 0.225 e. The van der Waals surface area contributed by atoms with Crippen LogP contribution in [-0.2, 0) is 22.4 Å². The summed E-state index contributed by atoms with van der Waals surface area (Å²) in [5, 5.41) is 6.05. The fourth-order valence-electron chi connectivity index (χ4n) is 2.47. The molecule has 21 heavy (non-hydrogen) atoms. The van der Waals surface area contributed by atoms with E-state index in [1.807, 2.05) is 13.8 Å². The Balaban J connectivity index is 1.76. The SMILES string of the molecule is CCc1csc(CCNC(=O)[C@@H]2CC(=O)N(C(C)C)C2)n1. The van der Waals surface area contributed by atoms with Crippen LogP contribution in [0.3, 0.4) is 0 Å². The maximum atomic E-state index is 12.1. The second-order valence-corrected chi connectivity index (χ2v) is 6.61. The van der Waals surface area contributed by atoms with Crippen molar-refractivity contribution >= 4 is 23.2 Å². The van der Waals surface area contributed by atoms with Crippen molar-refractivity contribution in [3.63, 3.8) is 0 Å². The minimum absolute atomic E-state index is 0.0150. The molecule has 116 valence electrons. The lowest BCUT2D eigenvalue weighted by Crippen LogP contribution is -2.36. The molecule has 2 amide bonds. The largest absolute Gasteiger partial charge is 0.355 e. The van der Waals surface area contributed by atoms with Gasteiger partial charge < -0.3 is 10.2 Å². The van der Waals surface area contributed by atoms with E-state index in [2.05, 4.69) is 22.6 Å². The average Bonchev–Trinajstić information content (AvgIpc) is 3.05. The van der Waals surface area contributed by atoms with E-state index < -0.39 is 0 Å². The third-order valence-corrected chi connectivity index (χ3v) is 4.71. The molecule has 1 N–H and O–H groups in total. The lowest BCUT2D eigenvalue weighted by atomic mass is 10.1. The standard InChI is InChI=1S/C15H23N3O2S/c1-4-12-9-21-13(17-12)5-6-16-15(20)11-7-14(19)18(8-11)10(2)3/h9-11H,4-8H2,1-3H3,(H,16,20)/t11-/m1/s1. The van der Waals surface area contributed by atoms with Crippen LogP contribution in [0.2, 0.25) is 0 Å². The number of aryl methyl sites for hydroxylation is 1. The zero-order valence-corrected chi connectivity index (χ0v) is 13.7. The molecule has 1 aliphatic rings. The first-order chi connectivity index (χ1) is 10.0. The van der Waals surface area contributed by atoms with E-state index in [9.17, 15) is 9.59 Å². The van der Waals surface area contributed by atoms with Gasteiger partial charge in [-0.3, -0.25) is 9.59 Å². The van der Waals surface area contributed by atoms with Gasteiger partial charge in [0, 0.05) is 37.4 Å². The molecule has 1 fully saturated rings. The van der Waals surface area contributed by atoms with E-state index in [4.69, 9.17) is 0 Å². The Hall–Kier alpha value is -1.43. The van der Waals surface area contributed by atoms with E-state index in [0.717, 1.165) is 23.5 Å². The summed E-state index contributed by atoms with van der Waals surface area (Å²) in [5.41, 5.74) is 1.11. The molecule has 0 aromatic carbocycles. The molecule has 1 saturated heterocycles. The van der Waals surface area contributed by atoms with Crippen LogP contribution in [0, 0.1) is 5.92 Å². The van der Waals surface area contributed by atoms with E-state index in [1.54, 1.807) is 16.2 Å². The van der Waals surface area contributed by atoms with Crippen molar-refractivity contribution in [3.8, 4) is 0 Å². The highest BCUT2D eigenvalue weighted by Gasteiger charge is 2.35. The van der Waals surface area contributed by atoms with E-state index in [0.29, 0.717) is 19.5 Å². The van der Waals surface area contributed by atoms with Gasteiger partial charge in [0.15, 0.2) is 0 Å². The summed E-state index contributed by atoms with van der Waals surface area (Å²) in [6.07, 6.45) is 2.03. The van der Waals surface area contributed by atoms with Crippen molar-refractivity contribution in [3.05, 3.63) is 16.1 Å². The van der Waals surface area contributed by atoms with Crippen LogP contribution in [-0.4, -0.2) is 40.8 Å². The van der Waals surface area contributed by atoms with Gasteiger partial charge >= 0.3 is 0 Å². The van der Waals surface area contributed by atoms with Crippen LogP contribution >= 0.6 is 11.3 Å². The van der Waals surface area contributed by atoms with Gasteiger partial charge in [0.1, 0.15) is 0 Å². The minimum atomic E-state index is -0.206. The summed E-state index contributed by atoms with van der Waals surface area (Å²) in [6.45, 7) is 7.16. The van der Waals surface area contributed by atoms with Gasteiger partial charge in [-0.1, -0.05) is 6.92 Å². The molecule has 1 aromatic heterocycles. The van der Waals surface area contributed by atoms with Crippen LogP contribution in [0.15, 0.2) is 5.38 Å². The number of likely N-dealkylation sites (tertiary alicyclic amines) is 1. The number of rotatable bonds is 6. The third kappa shape index (κ3) is 4.03. The predicted molar refractivity (Wildman–Crippen MR) is 83.2 cm³/mol. The number of aromatic nitrogens is 1. The van der Waals surface area contributed by atoms with Gasteiger partial charge in [0.2, 0.25) is 11.8 Å². The molecule has 0 saturated carbocycles. The summed E-state index contributed by atoms with van der Waals surface area (Å²) < 4.78 is 0. The molecular weight excluding hydrogens is 286 g/mol. The van der Waals surface area contributed by atoms with Crippen LogP contribution in [0.5, 0.6) is 0 Å². The summed E-state index contributed by atoms with van der Waals surface area (Å²) in [7, 11) is 0. The second-order valence-electron chi connectivity index (χ2n) is 5.67. The zero-order chi connectivity index (χ0) is 15.4. The van der Waals surface area contributed by atoms with E-state index >= 15 is 0 Å². The van der Waals surface area contributed by atoms with E-state index in [-0.39, 0.29) is 23.8 Å². The number of carbonyl (C=O) groups is 2. The van der Waals surface area contributed by atoms with Crippen LogP contribution in [0.25, 0.3) is 0 Å². The summed E-state index contributed by atoms with van der Waals surface area (Å²) in [5.74, 6) is -0.140. The molecule has 0 spiro atoms. The van der Waals surface area contributed by atoms with Gasteiger partial charge in [-0.25, -0.2) is 4.98 Å². The Labute approximate surface area is 129 Å². The fraction of sp³-hybridized carbons (Fsp3) is 0.667. The van der Waals surface area contributed by atoms with Gasteiger partial charge in [-0.15, -0.1) is 11.3 Å². The van der Waals surface area contributed by atoms with Crippen LogP contribution in [0.4, 0.5) is 0 Å². The number of carbonyl (C=O) groups excluding carboxylic acids is 2. The Morgan fingerprint density at radius 3 is 2.90 bits per heavy atom. The summed E-state index contributed by atoms with van der Waals surface area (Å²) in [6, 6.07) is 0.165. The first-order valence-corrected chi connectivity index (χ1v) is 8.39. The Morgan fingerprint density at radius 1 is 1.57 bits per heavy atom. The molecule has 6 heteroatoms. The Morgan fingerprint density at radius 2 is 2.33 bits per heavy atom. The number of amides is 2. The molecule has 0 unspecified atom stereocenters. The predicted octanol–water partition coefficient (Wildman–Crippen LogP) is 1.62. The van der Waals surface area contributed by atoms with Crippen molar-refractivity contribution in [2.75, 3.05) is 13.1 Å². The molecule has 0 radical (unpaired) electrons. The monoisotopic (exact) mass is 309 g/mol. The molecule has 1 aliphatic heterocycles. The van der Waals surface area contributed by atoms with E-state index in [1.165, 1.54) is 0 Å². The minimum Gasteiger partial charge on any atom is -0.355 e. The number of thiazole rings is 1. The van der Waals surface area contributed by atoms with Gasteiger partial charge in [-0.05, 0) is 20.3 Å².